The number of nitrogens with zero attached hydrogens (tertiary/aromatic N) is 4. The third-order valence-corrected chi connectivity index (χ3v) is 7.16. The van der Waals surface area contributed by atoms with Crippen LogP contribution in [-0.4, -0.2) is 14.4 Å². The van der Waals surface area contributed by atoms with Crippen molar-refractivity contribution in [2.24, 2.45) is 0 Å². The normalized spacial score (nSPS) is 11.1. The maximum absolute atomic E-state index is 9.18. The van der Waals surface area contributed by atoms with Gasteiger partial charge in [-0.3, -0.25) is 9.38 Å². The molecule has 0 radical (unpaired) electrons. The van der Waals surface area contributed by atoms with Gasteiger partial charge in [-0.25, -0.2) is 4.98 Å². The van der Waals surface area contributed by atoms with Crippen LogP contribution in [0.1, 0.15) is 5.56 Å². The molecule has 0 unspecified atom stereocenters. The van der Waals surface area contributed by atoms with E-state index in [1.165, 1.54) is 16.3 Å². The standard InChI is InChI=1S/C35H22N4/c36-23-24-11-13-25(14-12-24)28-19-20-29(31-8-2-1-7-30(28)31)26-15-17-27(18-16-26)35-34(32-9-3-5-21-37-32)38-33-10-4-6-22-39(33)35/h1-22H. The molecule has 0 N–H and O–H groups in total. The minimum absolute atomic E-state index is 0.664. The topological polar surface area (TPSA) is 54.0 Å². The van der Waals surface area contributed by atoms with Crippen molar-refractivity contribution in [3.05, 3.63) is 139 Å². The van der Waals surface area contributed by atoms with E-state index in [4.69, 9.17) is 4.98 Å². The molecule has 4 aromatic carbocycles. The molecule has 3 heterocycles. The number of aromatic nitrogens is 3. The highest BCUT2D eigenvalue weighted by Crippen LogP contribution is 2.37. The van der Waals surface area contributed by atoms with Crippen molar-refractivity contribution >= 4 is 16.4 Å². The highest BCUT2D eigenvalue weighted by Gasteiger charge is 2.17. The monoisotopic (exact) mass is 498 g/mol. The van der Waals surface area contributed by atoms with E-state index < -0.39 is 0 Å². The van der Waals surface area contributed by atoms with E-state index in [1.807, 2.05) is 66.9 Å². The van der Waals surface area contributed by atoms with Gasteiger partial charge in [0.25, 0.3) is 0 Å². The minimum Gasteiger partial charge on any atom is -0.299 e. The summed E-state index contributed by atoms with van der Waals surface area (Å²) in [5, 5.41) is 11.6. The average molecular weight is 499 g/mol. The molecule has 0 aliphatic carbocycles. The highest BCUT2D eigenvalue weighted by atomic mass is 15.0. The Balaban J connectivity index is 1.34. The molecular weight excluding hydrogens is 476 g/mol. The summed E-state index contributed by atoms with van der Waals surface area (Å²) >= 11 is 0. The first-order valence-electron chi connectivity index (χ1n) is 12.8. The third kappa shape index (κ3) is 3.94. The summed E-state index contributed by atoms with van der Waals surface area (Å²) in [6.07, 6.45) is 3.85. The first kappa shape index (κ1) is 22.7. The summed E-state index contributed by atoms with van der Waals surface area (Å²) < 4.78 is 2.13. The van der Waals surface area contributed by atoms with Crippen LogP contribution in [-0.2, 0) is 0 Å². The molecule has 0 fully saturated rings. The Hall–Kier alpha value is -5.53. The molecule has 7 rings (SSSR count). The molecule has 7 aromatic rings. The van der Waals surface area contributed by atoms with E-state index in [0.29, 0.717) is 5.56 Å². The Morgan fingerprint density at radius 1 is 0.590 bits per heavy atom. The van der Waals surface area contributed by atoms with Gasteiger partial charge in [0.05, 0.1) is 23.0 Å². The minimum atomic E-state index is 0.664. The van der Waals surface area contributed by atoms with Crippen molar-refractivity contribution in [2.45, 2.75) is 0 Å². The first-order chi connectivity index (χ1) is 19.3. The molecular formula is C35H22N4. The lowest BCUT2D eigenvalue weighted by molar-refractivity contribution is 1.19. The fourth-order valence-corrected chi connectivity index (χ4v) is 5.29. The van der Waals surface area contributed by atoms with Gasteiger partial charge in [-0.15, -0.1) is 0 Å². The van der Waals surface area contributed by atoms with Gasteiger partial charge in [0.2, 0.25) is 0 Å². The second-order valence-electron chi connectivity index (χ2n) is 9.43. The lowest BCUT2D eigenvalue weighted by atomic mass is 9.91. The van der Waals surface area contributed by atoms with Gasteiger partial charge in [-0.1, -0.05) is 84.9 Å². The van der Waals surface area contributed by atoms with E-state index in [2.05, 4.69) is 76.1 Å². The maximum Gasteiger partial charge on any atom is 0.138 e. The van der Waals surface area contributed by atoms with Crippen LogP contribution < -0.4 is 0 Å². The molecule has 4 nitrogen and oxygen atoms in total. The number of hydrogen-bond donors (Lipinski definition) is 0. The van der Waals surface area contributed by atoms with Crippen molar-refractivity contribution < 1.29 is 0 Å². The predicted octanol–water partition coefficient (Wildman–Crippen LogP) is 8.42. The molecule has 0 bridgehead atoms. The molecule has 182 valence electrons. The van der Waals surface area contributed by atoms with Crippen LogP contribution in [0.25, 0.3) is 61.3 Å². The molecule has 0 saturated heterocycles. The van der Waals surface area contributed by atoms with E-state index in [-0.39, 0.29) is 0 Å². The Labute approximate surface area is 226 Å². The number of hydrogen-bond acceptors (Lipinski definition) is 3. The molecule has 0 spiro atoms. The highest BCUT2D eigenvalue weighted by molar-refractivity contribution is 6.05. The van der Waals surface area contributed by atoms with E-state index in [0.717, 1.165) is 45.0 Å². The summed E-state index contributed by atoms with van der Waals surface area (Å²) in [6.45, 7) is 0. The Morgan fingerprint density at radius 2 is 1.21 bits per heavy atom. The Kier molecular flexibility index (Phi) is 5.46. The van der Waals surface area contributed by atoms with Crippen molar-refractivity contribution in [3.8, 4) is 51.0 Å². The zero-order valence-corrected chi connectivity index (χ0v) is 21.0. The third-order valence-electron chi connectivity index (χ3n) is 7.16. The average Bonchev–Trinajstić information content (AvgIpc) is 3.41. The van der Waals surface area contributed by atoms with Crippen LogP contribution in [0, 0.1) is 11.3 Å². The van der Waals surface area contributed by atoms with E-state index in [1.54, 1.807) is 6.20 Å². The molecule has 0 aliphatic heterocycles. The summed E-state index contributed by atoms with van der Waals surface area (Å²) in [6, 6.07) is 43.5. The summed E-state index contributed by atoms with van der Waals surface area (Å²) in [7, 11) is 0. The van der Waals surface area contributed by atoms with Crippen molar-refractivity contribution in [2.75, 3.05) is 0 Å². The van der Waals surface area contributed by atoms with Gasteiger partial charge >= 0.3 is 0 Å². The van der Waals surface area contributed by atoms with Crippen LogP contribution >= 0.6 is 0 Å². The van der Waals surface area contributed by atoms with Gasteiger partial charge in [-0.2, -0.15) is 5.26 Å². The molecule has 39 heavy (non-hydrogen) atoms. The van der Waals surface area contributed by atoms with Crippen LogP contribution in [0.4, 0.5) is 0 Å². The second-order valence-corrected chi connectivity index (χ2v) is 9.43. The van der Waals surface area contributed by atoms with Gasteiger partial charge in [0.15, 0.2) is 0 Å². The molecule has 4 heteroatoms. The number of rotatable bonds is 4. The molecule has 3 aromatic heterocycles. The zero-order valence-electron chi connectivity index (χ0n) is 21.0. The Bertz CT molecular complexity index is 2000. The predicted molar refractivity (Wildman–Crippen MR) is 157 cm³/mol. The number of nitriles is 1. The summed E-state index contributed by atoms with van der Waals surface area (Å²) in [5.74, 6) is 0. The lowest BCUT2D eigenvalue weighted by Gasteiger charge is -2.13. The van der Waals surface area contributed by atoms with Crippen molar-refractivity contribution in [3.63, 3.8) is 0 Å². The van der Waals surface area contributed by atoms with Crippen LogP contribution in [0.15, 0.2) is 134 Å². The lowest BCUT2D eigenvalue weighted by Crippen LogP contribution is -1.91. The van der Waals surface area contributed by atoms with E-state index in [9.17, 15) is 5.26 Å². The molecule has 0 aliphatic rings. The largest absolute Gasteiger partial charge is 0.299 e. The van der Waals surface area contributed by atoms with Gasteiger partial charge in [0, 0.05) is 18.0 Å². The SMILES string of the molecule is N#Cc1ccc(-c2ccc(-c3ccc(-c4c(-c5ccccn5)nc5ccccn45)cc3)c3ccccc23)cc1. The molecule has 0 amide bonds. The van der Waals surface area contributed by atoms with E-state index >= 15 is 0 Å². The second kappa shape index (κ2) is 9.41. The van der Waals surface area contributed by atoms with Crippen molar-refractivity contribution in [1.82, 2.24) is 14.4 Å². The number of imidazole rings is 1. The molecule has 0 saturated carbocycles. The maximum atomic E-state index is 9.18. The fourth-order valence-electron chi connectivity index (χ4n) is 5.29. The van der Waals surface area contributed by atoms with Crippen LogP contribution in [0.5, 0.6) is 0 Å². The number of fused-ring (bicyclic) bond motifs is 2. The zero-order chi connectivity index (χ0) is 26.2. The summed E-state index contributed by atoms with van der Waals surface area (Å²) in [5.41, 5.74) is 9.96. The fraction of sp³-hybridized carbons (Fsp3) is 0. The van der Waals surface area contributed by atoms with Gasteiger partial charge in [-0.05, 0) is 69.4 Å². The summed E-state index contributed by atoms with van der Waals surface area (Å²) in [4.78, 5) is 9.49. The smallest absolute Gasteiger partial charge is 0.138 e. The van der Waals surface area contributed by atoms with Crippen LogP contribution in [0.2, 0.25) is 0 Å². The van der Waals surface area contributed by atoms with Crippen LogP contribution in [0.3, 0.4) is 0 Å². The number of benzene rings is 4. The molecule has 0 atom stereocenters. The van der Waals surface area contributed by atoms with Gasteiger partial charge < -0.3 is 0 Å². The quantitative estimate of drug-likeness (QED) is 0.245. The van der Waals surface area contributed by atoms with Gasteiger partial charge in [0.1, 0.15) is 11.3 Å². The Morgan fingerprint density at radius 3 is 1.85 bits per heavy atom. The first-order valence-corrected chi connectivity index (χ1v) is 12.8. The van der Waals surface area contributed by atoms with Crippen molar-refractivity contribution in [1.29, 1.82) is 5.26 Å². The number of pyridine rings is 2.